The zero-order chi connectivity index (χ0) is 25.9. The summed E-state index contributed by atoms with van der Waals surface area (Å²) < 4.78 is 28.0. The number of hydrogen-bond acceptors (Lipinski definition) is 5. The van der Waals surface area contributed by atoms with Crippen LogP contribution in [-0.2, 0) is 14.8 Å². The largest absolute Gasteiger partial charge is 0.349 e. The van der Waals surface area contributed by atoms with E-state index < -0.39 is 10.0 Å². The summed E-state index contributed by atoms with van der Waals surface area (Å²) in [7, 11) is -3.72. The van der Waals surface area contributed by atoms with Crippen molar-refractivity contribution in [3.63, 3.8) is 0 Å². The molecule has 0 saturated carbocycles. The van der Waals surface area contributed by atoms with Crippen LogP contribution in [0.2, 0.25) is 0 Å². The van der Waals surface area contributed by atoms with Gasteiger partial charge >= 0.3 is 0 Å². The SMILES string of the molecule is C=CC(=O)NC1C(C)CN(S(=O)(=O)c2ccc(NC(=O)c3cc(-c4ccccc4)cs3)cc2)CC1C. The average molecular weight is 524 g/mol. The molecule has 0 radical (unpaired) electrons. The topological polar surface area (TPSA) is 95.6 Å². The van der Waals surface area contributed by atoms with Crippen LogP contribution in [-0.4, -0.2) is 43.7 Å². The number of benzene rings is 2. The zero-order valence-electron chi connectivity index (χ0n) is 20.2. The van der Waals surface area contributed by atoms with Crippen LogP contribution in [0.1, 0.15) is 23.5 Å². The van der Waals surface area contributed by atoms with E-state index in [-0.39, 0.29) is 34.6 Å². The summed E-state index contributed by atoms with van der Waals surface area (Å²) in [5.41, 5.74) is 2.53. The van der Waals surface area contributed by atoms with Gasteiger partial charge in [-0.25, -0.2) is 8.42 Å². The first-order chi connectivity index (χ1) is 17.2. The standard InChI is InChI=1S/C27H29N3O4S2/c1-4-25(31)29-26-18(2)15-30(16-19(26)3)36(33,34)23-12-10-22(11-13-23)28-27(32)24-14-21(17-35-24)20-8-6-5-7-9-20/h4-14,17-19,26H,1,15-16H2,2-3H3,(H,28,32)(H,29,31). The van der Waals surface area contributed by atoms with Gasteiger partial charge in [-0.2, -0.15) is 4.31 Å². The van der Waals surface area contributed by atoms with E-state index in [0.717, 1.165) is 11.1 Å². The molecule has 0 bridgehead atoms. The lowest BCUT2D eigenvalue weighted by Gasteiger charge is -2.40. The summed E-state index contributed by atoms with van der Waals surface area (Å²) in [6.07, 6.45) is 1.23. The number of anilines is 1. The van der Waals surface area contributed by atoms with Crippen molar-refractivity contribution in [1.29, 1.82) is 0 Å². The lowest BCUT2D eigenvalue weighted by atomic mass is 9.87. The first-order valence-electron chi connectivity index (χ1n) is 11.7. The number of nitrogens with zero attached hydrogens (tertiary/aromatic N) is 1. The van der Waals surface area contributed by atoms with Gasteiger partial charge in [0.15, 0.2) is 0 Å². The van der Waals surface area contributed by atoms with Gasteiger partial charge in [0.25, 0.3) is 5.91 Å². The Bertz CT molecular complexity index is 1340. The molecule has 2 unspecified atom stereocenters. The molecule has 2 heterocycles. The van der Waals surface area contributed by atoms with E-state index in [1.54, 1.807) is 12.1 Å². The van der Waals surface area contributed by atoms with Crippen LogP contribution in [0.3, 0.4) is 0 Å². The van der Waals surface area contributed by atoms with Crippen LogP contribution < -0.4 is 10.6 Å². The maximum Gasteiger partial charge on any atom is 0.265 e. The molecule has 1 aliphatic rings. The first-order valence-corrected chi connectivity index (χ1v) is 14.0. The number of carbonyl (C=O) groups is 2. The average Bonchev–Trinajstić information content (AvgIpc) is 3.37. The fraction of sp³-hybridized carbons (Fsp3) is 0.259. The van der Waals surface area contributed by atoms with Crippen molar-refractivity contribution in [3.05, 3.63) is 83.6 Å². The highest BCUT2D eigenvalue weighted by atomic mass is 32.2. The molecular weight excluding hydrogens is 494 g/mol. The summed E-state index contributed by atoms with van der Waals surface area (Å²) in [6, 6.07) is 17.8. The number of thiophene rings is 1. The number of sulfonamides is 1. The van der Waals surface area contributed by atoms with Crippen molar-refractivity contribution in [3.8, 4) is 11.1 Å². The van der Waals surface area contributed by atoms with E-state index in [1.165, 1.54) is 33.9 Å². The van der Waals surface area contributed by atoms with Crippen LogP contribution in [0.15, 0.2) is 83.6 Å². The third kappa shape index (κ3) is 5.59. The molecule has 1 aliphatic heterocycles. The van der Waals surface area contributed by atoms with Crippen molar-refractivity contribution in [2.45, 2.75) is 24.8 Å². The normalized spacial score (nSPS) is 20.4. The van der Waals surface area contributed by atoms with Crippen molar-refractivity contribution >= 4 is 38.9 Å². The molecule has 1 saturated heterocycles. The van der Waals surface area contributed by atoms with E-state index in [4.69, 9.17) is 0 Å². The molecule has 2 amide bonds. The second-order valence-corrected chi connectivity index (χ2v) is 11.9. The lowest BCUT2D eigenvalue weighted by molar-refractivity contribution is -0.118. The Balaban J connectivity index is 1.42. The van der Waals surface area contributed by atoms with Gasteiger partial charge in [-0.05, 0) is 64.8 Å². The number of piperidine rings is 1. The minimum absolute atomic E-state index is 0.0578. The maximum absolute atomic E-state index is 13.3. The molecule has 0 aliphatic carbocycles. The smallest absolute Gasteiger partial charge is 0.265 e. The minimum Gasteiger partial charge on any atom is -0.349 e. The van der Waals surface area contributed by atoms with Gasteiger partial charge < -0.3 is 10.6 Å². The van der Waals surface area contributed by atoms with Gasteiger partial charge in [0.1, 0.15) is 0 Å². The highest BCUT2D eigenvalue weighted by molar-refractivity contribution is 7.89. The molecule has 188 valence electrons. The second-order valence-electron chi connectivity index (χ2n) is 9.06. The second kappa shape index (κ2) is 10.8. The predicted octanol–water partition coefficient (Wildman–Crippen LogP) is 4.61. The highest BCUT2D eigenvalue weighted by Gasteiger charge is 2.38. The van der Waals surface area contributed by atoms with E-state index in [0.29, 0.717) is 23.7 Å². The number of amides is 2. The van der Waals surface area contributed by atoms with Crippen LogP contribution in [0.4, 0.5) is 5.69 Å². The van der Waals surface area contributed by atoms with E-state index >= 15 is 0 Å². The van der Waals surface area contributed by atoms with Crippen molar-refractivity contribution < 1.29 is 18.0 Å². The molecule has 0 spiro atoms. The molecule has 1 fully saturated rings. The molecule has 4 rings (SSSR count). The molecule has 36 heavy (non-hydrogen) atoms. The fourth-order valence-electron chi connectivity index (χ4n) is 4.50. The zero-order valence-corrected chi connectivity index (χ0v) is 21.8. The summed E-state index contributed by atoms with van der Waals surface area (Å²) in [6.45, 7) is 7.94. The van der Waals surface area contributed by atoms with Crippen molar-refractivity contribution in [1.82, 2.24) is 9.62 Å². The molecule has 9 heteroatoms. The summed E-state index contributed by atoms with van der Waals surface area (Å²) in [4.78, 5) is 25.2. The van der Waals surface area contributed by atoms with Crippen LogP contribution in [0.5, 0.6) is 0 Å². The van der Waals surface area contributed by atoms with Gasteiger partial charge in [0, 0.05) is 24.8 Å². The summed E-state index contributed by atoms with van der Waals surface area (Å²) >= 11 is 1.36. The molecule has 3 aromatic rings. The van der Waals surface area contributed by atoms with E-state index in [1.807, 2.05) is 55.6 Å². The Morgan fingerprint density at radius 3 is 2.25 bits per heavy atom. The molecule has 1 aromatic heterocycles. The quantitative estimate of drug-likeness (QED) is 0.442. The summed E-state index contributed by atoms with van der Waals surface area (Å²) in [5.74, 6) is -0.620. The minimum atomic E-state index is -3.72. The first kappa shape index (κ1) is 25.8. The summed E-state index contributed by atoms with van der Waals surface area (Å²) in [5, 5.41) is 7.69. The van der Waals surface area contributed by atoms with Crippen LogP contribution >= 0.6 is 11.3 Å². The monoisotopic (exact) mass is 523 g/mol. The van der Waals surface area contributed by atoms with Crippen LogP contribution in [0, 0.1) is 11.8 Å². The Hall–Kier alpha value is -3.27. The maximum atomic E-state index is 13.3. The van der Waals surface area contributed by atoms with E-state index in [9.17, 15) is 18.0 Å². The van der Waals surface area contributed by atoms with Gasteiger partial charge in [-0.15, -0.1) is 11.3 Å². The number of rotatable bonds is 7. The molecule has 7 nitrogen and oxygen atoms in total. The molecule has 2 aromatic carbocycles. The highest BCUT2D eigenvalue weighted by Crippen LogP contribution is 2.29. The van der Waals surface area contributed by atoms with Crippen molar-refractivity contribution in [2.24, 2.45) is 11.8 Å². The third-order valence-electron chi connectivity index (χ3n) is 6.38. The Kier molecular flexibility index (Phi) is 7.73. The molecule has 2 N–H and O–H groups in total. The number of carbonyl (C=O) groups excluding carboxylic acids is 2. The fourth-order valence-corrected chi connectivity index (χ4v) is 6.95. The number of nitrogens with one attached hydrogen (secondary N) is 2. The van der Waals surface area contributed by atoms with Gasteiger partial charge in [0.2, 0.25) is 15.9 Å². The Morgan fingerprint density at radius 2 is 1.64 bits per heavy atom. The third-order valence-corrected chi connectivity index (χ3v) is 9.16. The lowest BCUT2D eigenvalue weighted by Crippen LogP contribution is -2.55. The van der Waals surface area contributed by atoms with Gasteiger partial charge in [0.05, 0.1) is 9.77 Å². The van der Waals surface area contributed by atoms with Gasteiger partial charge in [-0.1, -0.05) is 50.8 Å². The van der Waals surface area contributed by atoms with Crippen molar-refractivity contribution in [2.75, 3.05) is 18.4 Å². The van der Waals surface area contributed by atoms with Crippen LogP contribution in [0.25, 0.3) is 11.1 Å². The van der Waals surface area contributed by atoms with E-state index in [2.05, 4.69) is 17.2 Å². The number of hydrogen-bond donors (Lipinski definition) is 2. The Labute approximate surface area is 215 Å². The molecule has 2 atom stereocenters. The molecular formula is C27H29N3O4S2. The van der Waals surface area contributed by atoms with Gasteiger partial charge in [-0.3, -0.25) is 9.59 Å². The Morgan fingerprint density at radius 1 is 1.00 bits per heavy atom. The predicted molar refractivity (Wildman–Crippen MR) is 143 cm³/mol.